The highest BCUT2D eigenvalue weighted by Gasteiger charge is 2.21. The Morgan fingerprint density at radius 1 is 1.20 bits per heavy atom. The van der Waals surface area contributed by atoms with Gasteiger partial charge in [0.05, 0.1) is 5.56 Å². The number of methoxy groups -OCH3 is 1. The van der Waals surface area contributed by atoms with Crippen molar-refractivity contribution in [2.45, 2.75) is 19.6 Å². The lowest BCUT2D eigenvalue weighted by molar-refractivity contribution is -0.377. The largest absolute Gasteiger partial charge is 0.373 e. The van der Waals surface area contributed by atoms with Gasteiger partial charge in [-0.25, -0.2) is 4.79 Å². The SMILES string of the molecule is COC(C)(C)OOC(=O)c1ccccc1. The Morgan fingerprint density at radius 2 is 1.80 bits per heavy atom. The number of carbonyl (C=O) groups is 1. The highest BCUT2D eigenvalue weighted by atomic mass is 17.2. The molecule has 0 spiro atoms. The molecule has 0 aliphatic rings. The van der Waals surface area contributed by atoms with E-state index in [1.165, 1.54) is 7.11 Å². The van der Waals surface area contributed by atoms with Gasteiger partial charge >= 0.3 is 5.97 Å². The lowest BCUT2D eigenvalue weighted by atomic mass is 10.2. The molecule has 1 rings (SSSR count). The predicted octanol–water partition coefficient (Wildman–Crippen LogP) is 2.16. The quantitative estimate of drug-likeness (QED) is 0.434. The molecule has 4 heteroatoms. The molecule has 0 unspecified atom stereocenters. The van der Waals surface area contributed by atoms with E-state index >= 15 is 0 Å². The molecule has 0 saturated carbocycles. The third-order valence-corrected chi connectivity index (χ3v) is 1.82. The Kier molecular flexibility index (Phi) is 3.82. The van der Waals surface area contributed by atoms with Crippen LogP contribution in [0, 0.1) is 0 Å². The Balaban J connectivity index is 2.51. The Hall–Kier alpha value is -1.39. The molecular weight excluding hydrogens is 196 g/mol. The Labute approximate surface area is 88.7 Å². The fourth-order valence-corrected chi connectivity index (χ4v) is 0.795. The van der Waals surface area contributed by atoms with Crippen LogP contribution in [-0.4, -0.2) is 18.9 Å². The van der Waals surface area contributed by atoms with E-state index in [1.807, 2.05) is 6.07 Å². The fraction of sp³-hybridized carbons (Fsp3) is 0.364. The van der Waals surface area contributed by atoms with Crippen LogP contribution in [-0.2, 0) is 14.5 Å². The van der Waals surface area contributed by atoms with Gasteiger partial charge in [0, 0.05) is 7.11 Å². The molecule has 1 aromatic carbocycles. The van der Waals surface area contributed by atoms with Gasteiger partial charge in [-0.05, 0) is 26.0 Å². The number of hydrogen-bond acceptors (Lipinski definition) is 4. The van der Waals surface area contributed by atoms with E-state index in [0.717, 1.165) is 0 Å². The normalized spacial score (nSPS) is 11.1. The van der Waals surface area contributed by atoms with Gasteiger partial charge < -0.3 is 4.74 Å². The zero-order valence-electron chi connectivity index (χ0n) is 9.02. The third-order valence-electron chi connectivity index (χ3n) is 1.82. The third kappa shape index (κ3) is 3.69. The summed E-state index contributed by atoms with van der Waals surface area (Å²) >= 11 is 0. The summed E-state index contributed by atoms with van der Waals surface area (Å²) in [5.41, 5.74) is 0.435. The van der Waals surface area contributed by atoms with E-state index in [2.05, 4.69) is 4.89 Å². The minimum absolute atomic E-state index is 0.435. The van der Waals surface area contributed by atoms with E-state index in [9.17, 15) is 4.79 Å². The molecule has 0 N–H and O–H groups in total. The van der Waals surface area contributed by atoms with E-state index in [-0.39, 0.29) is 0 Å². The van der Waals surface area contributed by atoms with Crippen molar-refractivity contribution in [3.8, 4) is 0 Å². The molecule has 0 bridgehead atoms. The summed E-state index contributed by atoms with van der Waals surface area (Å²) < 4.78 is 4.92. The summed E-state index contributed by atoms with van der Waals surface area (Å²) in [6, 6.07) is 8.60. The van der Waals surface area contributed by atoms with Gasteiger partial charge in [-0.1, -0.05) is 18.2 Å². The lowest BCUT2D eigenvalue weighted by Gasteiger charge is -2.20. The smallest absolute Gasteiger partial charge is 0.350 e. The van der Waals surface area contributed by atoms with Crippen molar-refractivity contribution in [2.24, 2.45) is 0 Å². The lowest BCUT2D eigenvalue weighted by Crippen LogP contribution is -2.28. The minimum atomic E-state index is -0.940. The molecule has 0 atom stereocenters. The van der Waals surface area contributed by atoms with Crippen LogP contribution in [0.4, 0.5) is 0 Å². The van der Waals surface area contributed by atoms with Crippen LogP contribution in [0.5, 0.6) is 0 Å². The Morgan fingerprint density at radius 3 is 2.33 bits per heavy atom. The standard InChI is InChI=1S/C11H14O4/c1-11(2,13-3)15-14-10(12)9-7-5-4-6-8-9/h4-8H,1-3H3. The van der Waals surface area contributed by atoms with E-state index in [1.54, 1.807) is 38.1 Å². The van der Waals surface area contributed by atoms with Crippen LogP contribution in [0.2, 0.25) is 0 Å². The van der Waals surface area contributed by atoms with Crippen LogP contribution >= 0.6 is 0 Å². The zero-order chi connectivity index (χ0) is 11.3. The molecule has 0 heterocycles. The molecule has 4 nitrogen and oxygen atoms in total. The molecule has 0 amide bonds. The summed E-state index contributed by atoms with van der Waals surface area (Å²) in [6.45, 7) is 3.29. The fourth-order valence-electron chi connectivity index (χ4n) is 0.795. The summed E-state index contributed by atoms with van der Waals surface area (Å²) in [7, 11) is 1.47. The van der Waals surface area contributed by atoms with E-state index in [4.69, 9.17) is 9.62 Å². The Bertz CT molecular complexity index is 319. The first-order chi connectivity index (χ1) is 7.05. The van der Waals surface area contributed by atoms with Gasteiger partial charge in [-0.15, -0.1) is 4.89 Å². The molecule has 15 heavy (non-hydrogen) atoms. The van der Waals surface area contributed by atoms with Gasteiger partial charge in [-0.3, -0.25) is 4.89 Å². The average Bonchev–Trinajstić information content (AvgIpc) is 2.27. The molecule has 0 aromatic heterocycles. The van der Waals surface area contributed by atoms with Crippen LogP contribution in [0.15, 0.2) is 30.3 Å². The zero-order valence-corrected chi connectivity index (χ0v) is 9.02. The topological polar surface area (TPSA) is 44.8 Å². The minimum Gasteiger partial charge on any atom is -0.350 e. The molecule has 82 valence electrons. The van der Waals surface area contributed by atoms with Crippen LogP contribution in [0.25, 0.3) is 0 Å². The second-order valence-electron chi connectivity index (χ2n) is 3.42. The summed E-state index contributed by atoms with van der Waals surface area (Å²) in [4.78, 5) is 20.8. The van der Waals surface area contributed by atoms with Crippen molar-refractivity contribution in [1.82, 2.24) is 0 Å². The first kappa shape index (κ1) is 11.7. The van der Waals surface area contributed by atoms with Gasteiger partial charge in [-0.2, -0.15) is 0 Å². The summed E-state index contributed by atoms with van der Waals surface area (Å²) in [5.74, 6) is -1.48. The van der Waals surface area contributed by atoms with E-state index < -0.39 is 11.8 Å². The van der Waals surface area contributed by atoms with Gasteiger partial charge in [0.2, 0.25) is 5.79 Å². The predicted molar refractivity (Wildman–Crippen MR) is 54.0 cm³/mol. The highest BCUT2D eigenvalue weighted by Crippen LogP contribution is 2.11. The number of carbonyl (C=O) groups excluding carboxylic acids is 1. The van der Waals surface area contributed by atoms with Gasteiger partial charge in [0.25, 0.3) is 0 Å². The van der Waals surface area contributed by atoms with Crippen molar-refractivity contribution in [1.29, 1.82) is 0 Å². The number of benzene rings is 1. The number of rotatable bonds is 4. The van der Waals surface area contributed by atoms with Crippen molar-refractivity contribution < 1.29 is 19.3 Å². The molecule has 0 fully saturated rings. The number of ether oxygens (including phenoxy) is 1. The monoisotopic (exact) mass is 210 g/mol. The summed E-state index contributed by atoms with van der Waals surface area (Å²) in [6.07, 6.45) is 0. The van der Waals surface area contributed by atoms with Crippen LogP contribution in [0.1, 0.15) is 24.2 Å². The molecule has 0 aliphatic heterocycles. The molecular formula is C11H14O4. The summed E-state index contributed by atoms with van der Waals surface area (Å²) in [5, 5.41) is 0. The maximum absolute atomic E-state index is 11.4. The average molecular weight is 210 g/mol. The molecule has 0 aliphatic carbocycles. The molecule has 0 saturated heterocycles. The van der Waals surface area contributed by atoms with Gasteiger partial charge in [0.15, 0.2) is 0 Å². The van der Waals surface area contributed by atoms with Crippen LogP contribution < -0.4 is 0 Å². The number of hydrogen-bond donors (Lipinski definition) is 0. The van der Waals surface area contributed by atoms with Crippen molar-refractivity contribution in [2.75, 3.05) is 7.11 Å². The second-order valence-corrected chi connectivity index (χ2v) is 3.42. The van der Waals surface area contributed by atoms with Gasteiger partial charge in [0.1, 0.15) is 0 Å². The maximum atomic E-state index is 11.4. The first-order valence-electron chi connectivity index (χ1n) is 4.55. The van der Waals surface area contributed by atoms with Crippen molar-refractivity contribution >= 4 is 5.97 Å². The maximum Gasteiger partial charge on any atom is 0.373 e. The van der Waals surface area contributed by atoms with Crippen LogP contribution in [0.3, 0.4) is 0 Å². The van der Waals surface area contributed by atoms with Crippen molar-refractivity contribution in [3.05, 3.63) is 35.9 Å². The second kappa shape index (κ2) is 4.91. The first-order valence-corrected chi connectivity index (χ1v) is 4.55. The molecule has 0 radical (unpaired) electrons. The van der Waals surface area contributed by atoms with Crippen molar-refractivity contribution in [3.63, 3.8) is 0 Å². The van der Waals surface area contributed by atoms with E-state index in [0.29, 0.717) is 5.56 Å². The molecule has 1 aromatic rings. The highest BCUT2D eigenvalue weighted by molar-refractivity contribution is 5.88.